The van der Waals surface area contributed by atoms with Crippen LogP contribution in [0.5, 0.6) is 5.75 Å². The predicted octanol–water partition coefficient (Wildman–Crippen LogP) is 5.48. The van der Waals surface area contributed by atoms with E-state index in [2.05, 4.69) is 46.2 Å². The van der Waals surface area contributed by atoms with Crippen molar-refractivity contribution in [2.45, 2.75) is 26.3 Å². The van der Waals surface area contributed by atoms with E-state index in [1.165, 1.54) is 0 Å². The molecule has 3 aromatic rings. The van der Waals surface area contributed by atoms with E-state index in [0.717, 1.165) is 43.1 Å². The van der Waals surface area contributed by atoms with Crippen LogP contribution in [0, 0.1) is 0 Å². The van der Waals surface area contributed by atoms with E-state index in [1.807, 2.05) is 42.5 Å². The SMILES string of the molecule is CCN(CC)CCOc1ccc(Nc2ncc(Cl)c(N3OCC[C@H]3c3ccccc3)n2)cc1. The van der Waals surface area contributed by atoms with Gasteiger partial charge in [-0.2, -0.15) is 4.98 Å². The number of likely N-dealkylation sites (N-methyl/N-ethyl adjacent to an activating group) is 1. The molecule has 0 unspecified atom stereocenters. The molecule has 4 rings (SSSR count). The highest BCUT2D eigenvalue weighted by Gasteiger charge is 2.30. The molecule has 1 fully saturated rings. The molecule has 8 heteroatoms. The van der Waals surface area contributed by atoms with E-state index in [4.69, 9.17) is 21.2 Å². The van der Waals surface area contributed by atoms with Gasteiger partial charge in [-0.15, -0.1) is 0 Å². The summed E-state index contributed by atoms with van der Waals surface area (Å²) in [5, 5.41) is 5.48. The van der Waals surface area contributed by atoms with Gasteiger partial charge in [0.25, 0.3) is 0 Å². The van der Waals surface area contributed by atoms with Gasteiger partial charge in [-0.3, -0.25) is 4.84 Å². The van der Waals surface area contributed by atoms with Gasteiger partial charge in [-0.05, 0) is 42.9 Å². The summed E-state index contributed by atoms with van der Waals surface area (Å²) < 4.78 is 5.86. The third kappa shape index (κ3) is 5.93. The highest BCUT2D eigenvalue weighted by atomic mass is 35.5. The van der Waals surface area contributed by atoms with Crippen LogP contribution >= 0.6 is 11.6 Å². The van der Waals surface area contributed by atoms with Crippen LogP contribution in [0.15, 0.2) is 60.8 Å². The van der Waals surface area contributed by atoms with Gasteiger partial charge >= 0.3 is 0 Å². The first-order chi connectivity index (χ1) is 16.2. The molecule has 0 radical (unpaired) electrons. The second-order valence-corrected chi connectivity index (χ2v) is 8.17. The number of aromatic nitrogens is 2. The van der Waals surface area contributed by atoms with E-state index >= 15 is 0 Å². The standard InChI is InChI=1S/C25H30ClN5O2/c1-3-30(4-2)15-17-32-21-12-10-20(11-13-21)28-25-27-18-22(26)24(29-25)31-23(14-16-33-31)19-8-6-5-7-9-19/h5-13,18,23H,3-4,14-17H2,1-2H3,(H,27,28,29)/t23-/m0/s1. The van der Waals surface area contributed by atoms with E-state index in [9.17, 15) is 0 Å². The number of hydrogen-bond acceptors (Lipinski definition) is 7. The Balaban J connectivity index is 1.42. The first-order valence-electron chi connectivity index (χ1n) is 11.4. The number of benzene rings is 2. The number of rotatable bonds is 10. The summed E-state index contributed by atoms with van der Waals surface area (Å²) >= 11 is 6.45. The summed E-state index contributed by atoms with van der Waals surface area (Å²) in [7, 11) is 0. The molecular formula is C25H30ClN5O2. The molecule has 33 heavy (non-hydrogen) atoms. The normalized spacial score (nSPS) is 15.8. The first-order valence-corrected chi connectivity index (χ1v) is 11.8. The zero-order valence-corrected chi connectivity index (χ0v) is 19.8. The van der Waals surface area contributed by atoms with Crippen molar-refractivity contribution in [2.75, 3.05) is 43.2 Å². The Kier molecular flexibility index (Phi) is 7.99. The van der Waals surface area contributed by atoms with Gasteiger partial charge in [0, 0.05) is 18.7 Å². The second-order valence-electron chi connectivity index (χ2n) is 7.76. The molecule has 0 spiro atoms. The van der Waals surface area contributed by atoms with Gasteiger partial charge in [-0.1, -0.05) is 55.8 Å². The molecule has 2 heterocycles. The zero-order chi connectivity index (χ0) is 23.0. The van der Waals surface area contributed by atoms with E-state index in [1.54, 1.807) is 11.3 Å². The Labute approximate surface area is 200 Å². The fraction of sp³-hybridized carbons (Fsp3) is 0.360. The van der Waals surface area contributed by atoms with Crippen LogP contribution in [0.3, 0.4) is 0 Å². The van der Waals surface area contributed by atoms with Crippen molar-refractivity contribution in [3.63, 3.8) is 0 Å². The van der Waals surface area contributed by atoms with Gasteiger partial charge in [-0.25, -0.2) is 10.0 Å². The Bertz CT molecular complexity index is 1020. The molecule has 1 aromatic heterocycles. The molecule has 0 aliphatic carbocycles. The molecule has 174 valence electrons. The molecule has 0 amide bonds. The summed E-state index contributed by atoms with van der Waals surface area (Å²) in [6, 6.07) is 18.1. The Morgan fingerprint density at radius 2 is 1.88 bits per heavy atom. The van der Waals surface area contributed by atoms with Gasteiger partial charge in [0.05, 0.1) is 18.8 Å². The second kappa shape index (κ2) is 11.3. The Morgan fingerprint density at radius 3 is 2.61 bits per heavy atom. The number of nitrogens with zero attached hydrogens (tertiary/aromatic N) is 4. The number of hydrogen-bond donors (Lipinski definition) is 1. The topological polar surface area (TPSA) is 62.8 Å². The van der Waals surface area contributed by atoms with E-state index in [0.29, 0.717) is 30.0 Å². The first kappa shape index (κ1) is 23.3. The smallest absolute Gasteiger partial charge is 0.229 e. The monoisotopic (exact) mass is 467 g/mol. The van der Waals surface area contributed by atoms with Crippen molar-refractivity contribution in [3.8, 4) is 5.75 Å². The van der Waals surface area contributed by atoms with Crippen LogP contribution < -0.4 is 15.1 Å². The van der Waals surface area contributed by atoms with Crippen LogP contribution in [-0.4, -0.2) is 47.7 Å². The van der Waals surface area contributed by atoms with Crippen LogP contribution in [-0.2, 0) is 4.84 Å². The summed E-state index contributed by atoms with van der Waals surface area (Å²) in [6.07, 6.45) is 2.46. The summed E-state index contributed by atoms with van der Waals surface area (Å²) in [6.45, 7) is 8.56. The van der Waals surface area contributed by atoms with Crippen molar-refractivity contribution in [3.05, 3.63) is 71.4 Å². The quantitative estimate of drug-likeness (QED) is 0.423. The molecule has 0 bridgehead atoms. The van der Waals surface area contributed by atoms with Crippen LogP contribution in [0.2, 0.25) is 5.02 Å². The largest absolute Gasteiger partial charge is 0.492 e. The Hall–Kier alpha value is -2.87. The summed E-state index contributed by atoms with van der Waals surface area (Å²) in [5.74, 6) is 1.84. The fourth-order valence-corrected chi connectivity index (χ4v) is 4.00. The predicted molar refractivity (Wildman–Crippen MR) is 132 cm³/mol. The number of hydroxylamine groups is 1. The minimum Gasteiger partial charge on any atom is -0.492 e. The summed E-state index contributed by atoms with van der Waals surface area (Å²) in [5.41, 5.74) is 2.03. The number of halogens is 1. The lowest BCUT2D eigenvalue weighted by Gasteiger charge is -2.24. The number of nitrogens with one attached hydrogen (secondary N) is 1. The number of anilines is 3. The molecule has 1 atom stereocenters. The average molecular weight is 468 g/mol. The average Bonchev–Trinajstić information content (AvgIpc) is 3.34. The molecule has 1 aliphatic heterocycles. The maximum absolute atomic E-state index is 6.45. The fourth-order valence-electron chi connectivity index (χ4n) is 3.82. The maximum Gasteiger partial charge on any atom is 0.229 e. The van der Waals surface area contributed by atoms with Crippen molar-refractivity contribution in [2.24, 2.45) is 0 Å². The summed E-state index contributed by atoms with van der Waals surface area (Å²) in [4.78, 5) is 17.2. The third-order valence-corrected chi connectivity index (χ3v) is 5.97. The van der Waals surface area contributed by atoms with Gasteiger partial charge in [0.15, 0.2) is 5.82 Å². The maximum atomic E-state index is 6.45. The zero-order valence-electron chi connectivity index (χ0n) is 19.1. The lowest BCUT2D eigenvalue weighted by Crippen LogP contribution is -2.27. The molecule has 1 N–H and O–H groups in total. The van der Waals surface area contributed by atoms with E-state index in [-0.39, 0.29) is 6.04 Å². The van der Waals surface area contributed by atoms with Crippen molar-refractivity contribution < 1.29 is 9.57 Å². The van der Waals surface area contributed by atoms with Crippen LogP contribution in [0.25, 0.3) is 0 Å². The molecule has 7 nitrogen and oxygen atoms in total. The minimum absolute atomic E-state index is 0.0548. The lowest BCUT2D eigenvalue weighted by molar-refractivity contribution is 0.157. The van der Waals surface area contributed by atoms with Crippen molar-refractivity contribution in [1.29, 1.82) is 0 Å². The van der Waals surface area contributed by atoms with Gasteiger partial charge in [0.2, 0.25) is 5.95 Å². The molecular weight excluding hydrogens is 438 g/mol. The Morgan fingerprint density at radius 1 is 1.12 bits per heavy atom. The molecule has 2 aromatic carbocycles. The highest BCUT2D eigenvalue weighted by molar-refractivity contribution is 6.32. The highest BCUT2D eigenvalue weighted by Crippen LogP contribution is 2.37. The number of ether oxygens (including phenoxy) is 1. The third-order valence-electron chi connectivity index (χ3n) is 5.70. The molecule has 0 saturated carbocycles. The van der Waals surface area contributed by atoms with E-state index < -0.39 is 0 Å². The minimum atomic E-state index is 0.0548. The molecule has 1 saturated heterocycles. The van der Waals surface area contributed by atoms with Gasteiger partial charge < -0.3 is 15.0 Å². The molecule has 1 aliphatic rings. The van der Waals surface area contributed by atoms with Crippen molar-refractivity contribution in [1.82, 2.24) is 14.9 Å². The van der Waals surface area contributed by atoms with Crippen LogP contribution in [0.1, 0.15) is 31.9 Å². The van der Waals surface area contributed by atoms with Crippen LogP contribution in [0.4, 0.5) is 17.5 Å². The van der Waals surface area contributed by atoms with Gasteiger partial charge in [0.1, 0.15) is 17.4 Å². The lowest BCUT2D eigenvalue weighted by atomic mass is 10.0. The van der Waals surface area contributed by atoms with Crippen molar-refractivity contribution >= 4 is 29.1 Å².